The van der Waals surface area contributed by atoms with Gasteiger partial charge in [-0.3, -0.25) is 0 Å². The minimum atomic E-state index is -0.614. The standard InChI is InChI=1S/C12H17N5/c1-12(2,8-13)16-10-7-11(15-9-14-10)17-5-3-4-6-17/h7,9H,3-6H2,1-2H3,(H,14,15,16). The maximum absolute atomic E-state index is 8.97. The normalized spacial score (nSPS) is 15.7. The zero-order valence-corrected chi connectivity index (χ0v) is 10.3. The molecule has 1 aliphatic heterocycles. The van der Waals surface area contributed by atoms with Gasteiger partial charge < -0.3 is 10.2 Å². The summed E-state index contributed by atoms with van der Waals surface area (Å²) >= 11 is 0. The average molecular weight is 231 g/mol. The summed E-state index contributed by atoms with van der Waals surface area (Å²) in [6.07, 6.45) is 3.98. The Morgan fingerprint density at radius 1 is 1.35 bits per heavy atom. The summed E-state index contributed by atoms with van der Waals surface area (Å²) in [7, 11) is 0. The summed E-state index contributed by atoms with van der Waals surface area (Å²) in [5.74, 6) is 1.64. The SMILES string of the molecule is CC(C)(C#N)Nc1cc(N2CCCC2)ncn1. The fraction of sp³-hybridized carbons (Fsp3) is 0.583. The zero-order chi connectivity index (χ0) is 12.3. The number of hydrogen-bond acceptors (Lipinski definition) is 5. The van der Waals surface area contributed by atoms with E-state index in [4.69, 9.17) is 5.26 Å². The van der Waals surface area contributed by atoms with E-state index in [9.17, 15) is 0 Å². The number of aromatic nitrogens is 2. The molecule has 2 rings (SSSR count). The highest BCUT2D eigenvalue weighted by Gasteiger charge is 2.18. The van der Waals surface area contributed by atoms with Crippen LogP contribution in [-0.2, 0) is 0 Å². The van der Waals surface area contributed by atoms with Gasteiger partial charge >= 0.3 is 0 Å². The smallest absolute Gasteiger partial charge is 0.134 e. The van der Waals surface area contributed by atoms with Crippen LogP contribution in [0.15, 0.2) is 12.4 Å². The van der Waals surface area contributed by atoms with Crippen LogP contribution >= 0.6 is 0 Å². The second kappa shape index (κ2) is 4.58. The Morgan fingerprint density at radius 3 is 2.71 bits per heavy atom. The molecule has 1 aliphatic rings. The van der Waals surface area contributed by atoms with Gasteiger partial charge in [0, 0.05) is 19.2 Å². The van der Waals surface area contributed by atoms with E-state index in [2.05, 4.69) is 26.3 Å². The molecule has 1 aromatic heterocycles. The summed E-state index contributed by atoms with van der Waals surface area (Å²) in [6, 6.07) is 4.10. The molecule has 1 fully saturated rings. The zero-order valence-electron chi connectivity index (χ0n) is 10.3. The van der Waals surface area contributed by atoms with Crippen LogP contribution in [0.3, 0.4) is 0 Å². The van der Waals surface area contributed by atoms with Gasteiger partial charge in [0.2, 0.25) is 0 Å². The van der Waals surface area contributed by atoms with Crippen LogP contribution in [0.2, 0.25) is 0 Å². The number of nitrogens with one attached hydrogen (secondary N) is 1. The van der Waals surface area contributed by atoms with Gasteiger partial charge in [-0.25, -0.2) is 9.97 Å². The second-order valence-corrected chi connectivity index (χ2v) is 4.82. The van der Waals surface area contributed by atoms with Crippen molar-refractivity contribution in [2.24, 2.45) is 0 Å². The van der Waals surface area contributed by atoms with Crippen LogP contribution in [0, 0.1) is 11.3 Å². The van der Waals surface area contributed by atoms with Crippen molar-refractivity contribution in [1.29, 1.82) is 5.26 Å². The van der Waals surface area contributed by atoms with E-state index in [0.717, 1.165) is 18.9 Å². The fourth-order valence-electron chi connectivity index (χ4n) is 1.88. The molecule has 0 bridgehead atoms. The van der Waals surface area contributed by atoms with Crippen molar-refractivity contribution >= 4 is 11.6 Å². The van der Waals surface area contributed by atoms with Crippen LogP contribution in [0.25, 0.3) is 0 Å². The number of hydrogen-bond donors (Lipinski definition) is 1. The van der Waals surface area contributed by atoms with E-state index in [-0.39, 0.29) is 0 Å². The summed E-state index contributed by atoms with van der Waals surface area (Å²) < 4.78 is 0. The Morgan fingerprint density at radius 2 is 2.06 bits per heavy atom. The average Bonchev–Trinajstić information content (AvgIpc) is 2.82. The van der Waals surface area contributed by atoms with Crippen molar-refractivity contribution in [3.05, 3.63) is 12.4 Å². The number of nitrogens with zero attached hydrogens (tertiary/aromatic N) is 4. The maximum atomic E-state index is 8.97. The molecular formula is C12H17N5. The van der Waals surface area contributed by atoms with Gasteiger partial charge in [0.1, 0.15) is 23.5 Å². The van der Waals surface area contributed by atoms with Crippen molar-refractivity contribution in [2.45, 2.75) is 32.2 Å². The Kier molecular flexibility index (Phi) is 3.14. The van der Waals surface area contributed by atoms with E-state index in [1.165, 1.54) is 12.8 Å². The third-order valence-electron chi connectivity index (χ3n) is 2.80. The molecule has 5 heteroatoms. The molecule has 1 aromatic rings. The van der Waals surface area contributed by atoms with Crippen LogP contribution < -0.4 is 10.2 Å². The lowest BCUT2D eigenvalue weighted by molar-refractivity contribution is 0.722. The highest BCUT2D eigenvalue weighted by Crippen LogP contribution is 2.20. The molecule has 1 N–H and O–H groups in total. The van der Waals surface area contributed by atoms with E-state index in [0.29, 0.717) is 5.82 Å². The Bertz CT molecular complexity index is 429. The van der Waals surface area contributed by atoms with Crippen molar-refractivity contribution in [3.63, 3.8) is 0 Å². The Hall–Kier alpha value is -1.83. The summed E-state index contributed by atoms with van der Waals surface area (Å²) in [5.41, 5.74) is -0.614. The molecule has 0 aromatic carbocycles. The molecule has 90 valence electrons. The highest BCUT2D eigenvalue weighted by atomic mass is 15.2. The van der Waals surface area contributed by atoms with Gasteiger partial charge in [0.15, 0.2) is 0 Å². The van der Waals surface area contributed by atoms with Gasteiger partial charge in [-0.05, 0) is 26.7 Å². The maximum Gasteiger partial charge on any atom is 0.134 e. The molecule has 0 radical (unpaired) electrons. The topological polar surface area (TPSA) is 64.8 Å². The van der Waals surface area contributed by atoms with Crippen LogP contribution in [0.1, 0.15) is 26.7 Å². The number of anilines is 2. The second-order valence-electron chi connectivity index (χ2n) is 4.82. The van der Waals surface area contributed by atoms with Gasteiger partial charge in [-0.1, -0.05) is 0 Å². The Balaban J connectivity index is 2.14. The van der Waals surface area contributed by atoms with Gasteiger partial charge in [0.05, 0.1) is 6.07 Å². The predicted octanol–water partition coefficient (Wildman–Crippen LogP) is 1.79. The minimum Gasteiger partial charge on any atom is -0.356 e. The van der Waals surface area contributed by atoms with Crippen molar-refractivity contribution in [1.82, 2.24) is 9.97 Å². The lowest BCUT2D eigenvalue weighted by Gasteiger charge is -2.20. The molecule has 5 nitrogen and oxygen atoms in total. The molecule has 0 unspecified atom stereocenters. The van der Waals surface area contributed by atoms with E-state index < -0.39 is 5.54 Å². The lowest BCUT2D eigenvalue weighted by atomic mass is 10.1. The van der Waals surface area contributed by atoms with E-state index in [1.54, 1.807) is 6.33 Å². The molecule has 0 amide bonds. The van der Waals surface area contributed by atoms with E-state index in [1.807, 2.05) is 19.9 Å². The van der Waals surface area contributed by atoms with Gasteiger partial charge in [-0.15, -0.1) is 0 Å². The first-order valence-corrected chi connectivity index (χ1v) is 5.87. The predicted molar refractivity (Wildman–Crippen MR) is 66.8 cm³/mol. The summed E-state index contributed by atoms with van der Waals surface area (Å²) in [5, 5.41) is 12.1. The van der Waals surface area contributed by atoms with Crippen LogP contribution in [0.5, 0.6) is 0 Å². The largest absolute Gasteiger partial charge is 0.356 e. The summed E-state index contributed by atoms with van der Waals surface area (Å²) in [4.78, 5) is 10.7. The fourth-order valence-corrected chi connectivity index (χ4v) is 1.88. The molecule has 0 saturated carbocycles. The van der Waals surface area contributed by atoms with Crippen LogP contribution in [0.4, 0.5) is 11.6 Å². The Labute approximate surface area is 101 Å². The third-order valence-corrected chi connectivity index (χ3v) is 2.80. The van der Waals surface area contributed by atoms with Crippen molar-refractivity contribution < 1.29 is 0 Å². The first-order valence-electron chi connectivity index (χ1n) is 5.87. The first kappa shape index (κ1) is 11.6. The molecule has 2 heterocycles. The van der Waals surface area contributed by atoms with Crippen molar-refractivity contribution in [2.75, 3.05) is 23.3 Å². The molecule has 0 spiro atoms. The third kappa shape index (κ3) is 2.84. The lowest BCUT2D eigenvalue weighted by Crippen LogP contribution is -2.29. The molecule has 0 atom stereocenters. The molecule has 1 saturated heterocycles. The van der Waals surface area contributed by atoms with Crippen molar-refractivity contribution in [3.8, 4) is 6.07 Å². The minimum absolute atomic E-state index is 0.614. The monoisotopic (exact) mass is 231 g/mol. The molecule has 17 heavy (non-hydrogen) atoms. The van der Waals surface area contributed by atoms with Crippen LogP contribution in [-0.4, -0.2) is 28.6 Å². The quantitative estimate of drug-likeness (QED) is 0.859. The molecule has 0 aliphatic carbocycles. The number of nitriles is 1. The van der Waals surface area contributed by atoms with Gasteiger partial charge in [-0.2, -0.15) is 5.26 Å². The number of rotatable bonds is 3. The summed E-state index contributed by atoms with van der Waals surface area (Å²) in [6.45, 7) is 5.76. The first-order chi connectivity index (χ1) is 8.11. The molecular weight excluding hydrogens is 214 g/mol. The van der Waals surface area contributed by atoms with E-state index >= 15 is 0 Å². The highest BCUT2D eigenvalue weighted by molar-refractivity contribution is 5.50. The van der Waals surface area contributed by atoms with Gasteiger partial charge in [0.25, 0.3) is 0 Å².